The molecule has 146 valence electrons. The molecule has 1 unspecified atom stereocenters. The number of nitrogens with zero attached hydrogens (tertiary/aromatic N) is 2. The number of rotatable bonds is 7. The molecule has 0 aromatic heterocycles. The molecule has 26 heavy (non-hydrogen) atoms. The SMILES string of the molecule is CCN(CC)CCNC(=O)N1CCCC(S(=O)(=O)c2ccc(C)cc2)C1. The third-order valence-electron chi connectivity index (χ3n) is 5.05. The first-order valence-electron chi connectivity index (χ1n) is 9.44. The summed E-state index contributed by atoms with van der Waals surface area (Å²) in [5, 5.41) is 2.39. The van der Waals surface area contributed by atoms with Gasteiger partial charge in [0.2, 0.25) is 0 Å². The fourth-order valence-electron chi connectivity index (χ4n) is 3.27. The lowest BCUT2D eigenvalue weighted by Crippen LogP contribution is -2.50. The lowest BCUT2D eigenvalue weighted by atomic mass is 10.1. The van der Waals surface area contributed by atoms with Gasteiger partial charge >= 0.3 is 6.03 Å². The molecule has 0 aliphatic carbocycles. The zero-order valence-corrected chi connectivity index (χ0v) is 16.9. The molecule has 0 radical (unpaired) electrons. The minimum Gasteiger partial charge on any atom is -0.337 e. The van der Waals surface area contributed by atoms with Crippen molar-refractivity contribution in [3.05, 3.63) is 29.8 Å². The molecule has 2 amide bonds. The van der Waals surface area contributed by atoms with Crippen LogP contribution in [0.3, 0.4) is 0 Å². The van der Waals surface area contributed by atoms with Crippen molar-refractivity contribution in [2.45, 2.75) is 43.8 Å². The highest BCUT2D eigenvalue weighted by Gasteiger charge is 2.33. The van der Waals surface area contributed by atoms with Crippen LogP contribution in [0, 0.1) is 6.92 Å². The van der Waals surface area contributed by atoms with Gasteiger partial charge in [-0.1, -0.05) is 31.5 Å². The highest BCUT2D eigenvalue weighted by Crippen LogP contribution is 2.24. The number of urea groups is 1. The first-order chi connectivity index (χ1) is 12.4. The van der Waals surface area contributed by atoms with Gasteiger partial charge in [-0.25, -0.2) is 13.2 Å². The summed E-state index contributed by atoms with van der Waals surface area (Å²) >= 11 is 0. The Morgan fingerprint density at radius 2 is 1.88 bits per heavy atom. The number of hydrogen-bond acceptors (Lipinski definition) is 4. The van der Waals surface area contributed by atoms with Crippen molar-refractivity contribution in [3.8, 4) is 0 Å². The fraction of sp³-hybridized carbons (Fsp3) is 0.632. The molecule has 7 heteroatoms. The topological polar surface area (TPSA) is 69.7 Å². The maximum absolute atomic E-state index is 12.9. The van der Waals surface area contributed by atoms with E-state index in [1.54, 1.807) is 17.0 Å². The summed E-state index contributed by atoms with van der Waals surface area (Å²) < 4.78 is 25.8. The Morgan fingerprint density at radius 3 is 2.50 bits per heavy atom. The molecule has 0 saturated carbocycles. The van der Waals surface area contributed by atoms with Crippen LogP contribution >= 0.6 is 0 Å². The van der Waals surface area contributed by atoms with Crippen LogP contribution in [0.25, 0.3) is 0 Å². The van der Waals surface area contributed by atoms with Gasteiger partial charge in [-0.3, -0.25) is 0 Å². The largest absolute Gasteiger partial charge is 0.337 e. The zero-order chi connectivity index (χ0) is 19.2. The summed E-state index contributed by atoms with van der Waals surface area (Å²) in [7, 11) is -3.42. The number of benzene rings is 1. The molecule has 0 spiro atoms. The van der Waals surface area contributed by atoms with Crippen LogP contribution in [0.15, 0.2) is 29.2 Å². The Morgan fingerprint density at radius 1 is 1.23 bits per heavy atom. The Balaban J connectivity index is 1.95. The molecule has 0 bridgehead atoms. The van der Waals surface area contributed by atoms with Crippen molar-refractivity contribution in [2.75, 3.05) is 39.3 Å². The van der Waals surface area contributed by atoms with Crippen LogP contribution in [0.1, 0.15) is 32.3 Å². The number of likely N-dealkylation sites (tertiary alicyclic amines) is 1. The number of amides is 2. The molecule has 1 aromatic rings. The Bertz CT molecular complexity index is 684. The summed E-state index contributed by atoms with van der Waals surface area (Å²) in [6.07, 6.45) is 1.30. The lowest BCUT2D eigenvalue weighted by molar-refractivity contribution is 0.185. The van der Waals surface area contributed by atoms with Crippen molar-refractivity contribution in [2.24, 2.45) is 0 Å². The predicted molar refractivity (Wildman–Crippen MR) is 104 cm³/mol. The predicted octanol–water partition coefficient (Wildman–Crippen LogP) is 2.28. The highest BCUT2D eigenvalue weighted by molar-refractivity contribution is 7.92. The molecule has 1 atom stereocenters. The van der Waals surface area contributed by atoms with E-state index in [0.717, 1.165) is 25.2 Å². The monoisotopic (exact) mass is 381 g/mol. The van der Waals surface area contributed by atoms with E-state index in [1.165, 1.54) is 0 Å². The Kier molecular flexibility index (Phi) is 7.46. The van der Waals surface area contributed by atoms with Gasteiger partial charge in [0.05, 0.1) is 10.1 Å². The Labute approximate surface area is 157 Å². The average molecular weight is 382 g/mol. The zero-order valence-electron chi connectivity index (χ0n) is 16.1. The third-order valence-corrected chi connectivity index (χ3v) is 7.24. The average Bonchev–Trinajstić information content (AvgIpc) is 2.65. The first-order valence-corrected chi connectivity index (χ1v) is 11.0. The molecule has 1 fully saturated rings. The van der Waals surface area contributed by atoms with E-state index < -0.39 is 15.1 Å². The molecule has 1 saturated heterocycles. The summed E-state index contributed by atoms with van der Waals surface area (Å²) in [5.74, 6) is 0. The van der Waals surface area contributed by atoms with Crippen molar-refractivity contribution >= 4 is 15.9 Å². The van der Waals surface area contributed by atoms with Crippen LogP contribution in [0.5, 0.6) is 0 Å². The van der Waals surface area contributed by atoms with Crippen LogP contribution in [0.2, 0.25) is 0 Å². The van der Waals surface area contributed by atoms with Crippen LogP contribution in [0.4, 0.5) is 4.79 Å². The van der Waals surface area contributed by atoms with E-state index in [0.29, 0.717) is 30.8 Å². The minimum atomic E-state index is -3.42. The van der Waals surface area contributed by atoms with Gasteiger partial charge < -0.3 is 15.1 Å². The first kappa shape index (κ1) is 20.7. The normalized spacial score (nSPS) is 18.2. The van der Waals surface area contributed by atoms with Crippen LogP contribution in [-0.2, 0) is 9.84 Å². The number of carbonyl (C=O) groups excluding carboxylic acids is 1. The molecule has 1 aliphatic heterocycles. The molecule has 1 heterocycles. The number of aryl methyl sites for hydroxylation is 1. The van der Waals surface area contributed by atoms with E-state index >= 15 is 0 Å². The maximum atomic E-state index is 12.9. The molecular weight excluding hydrogens is 350 g/mol. The smallest absolute Gasteiger partial charge is 0.317 e. The van der Waals surface area contributed by atoms with Crippen molar-refractivity contribution in [3.63, 3.8) is 0 Å². The van der Waals surface area contributed by atoms with E-state index in [2.05, 4.69) is 24.1 Å². The molecule has 2 rings (SSSR count). The number of sulfone groups is 1. The number of carbonyl (C=O) groups is 1. The standard InChI is InChI=1S/C19H31N3O3S/c1-4-21(5-2)14-12-20-19(23)22-13-6-7-18(15-22)26(24,25)17-10-8-16(3)9-11-17/h8-11,18H,4-7,12-15H2,1-3H3,(H,20,23). The summed E-state index contributed by atoms with van der Waals surface area (Å²) in [4.78, 5) is 16.6. The van der Waals surface area contributed by atoms with Gasteiger partial charge in [-0.2, -0.15) is 0 Å². The van der Waals surface area contributed by atoms with Crippen molar-refractivity contribution < 1.29 is 13.2 Å². The third kappa shape index (κ3) is 5.20. The minimum absolute atomic E-state index is 0.166. The number of piperidine rings is 1. The second kappa shape index (κ2) is 9.37. The Hall–Kier alpha value is -1.60. The van der Waals surface area contributed by atoms with Gasteiger partial charge in [0, 0.05) is 26.2 Å². The summed E-state index contributed by atoms with van der Waals surface area (Å²) in [6, 6.07) is 6.78. The second-order valence-corrected chi connectivity index (χ2v) is 9.06. The summed E-state index contributed by atoms with van der Waals surface area (Å²) in [6.45, 7) is 10.3. The highest BCUT2D eigenvalue weighted by atomic mass is 32.2. The van der Waals surface area contributed by atoms with Gasteiger partial charge in [-0.05, 0) is 45.0 Å². The van der Waals surface area contributed by atoms with Gasteiger partial charge in [0.15, 0.2) is 9.84 Å². The molecule has 1 aliphatic rings. The fourth-order valence-corrected chi connectivity index (χ4v) is 5.02. The number of hydrogen-bond donors (Lipinski definition) is 1. The molecular formula is C19H31N3O3S. The van der Waals surface area contributed by atoms with Gasteiger partial charge in [0.25, 0.3) is 0 Å². The number of likely N-dealkylation sites (N-methyl/N-ethyl adjacent to an activating group) is 1. The van der Waals surface area contributed by atoms with E-state index in [4.69, 9.17) is 0 Å². The second-order valence-electron chi connectivity index (χ2n) is 6.83. The van der Waals surface area contributed by atoms with Crippen molar-refractivity contribution in [1.29, 1.82) is 0 Å². The van der Waals surface area contributed by atoms with E-state index in [1.807, 2.05) is 19.1 Å². The molecule has 1 aromatic carbocycles. The summed E-state index contributed by atoms with van der Waals surface area (Å²) in [5.41, 5.74) is 1.03. The van der Waals surface area contributed by atoms with E-state index in [9.17, 15) is 13.2 Å². The quantitative estimate of drug-likeness (QED) is 0.787. The number of nitrogens with one attached hydrogen (secondary N) is 1. The van der Waals surface area contributed by atoms with Crippen LogP contribution in [-0.4, -0.2) is 68.8 Å². The maximum Gasteiger partial charge on any atom is 0.317 e. The molecule has 1 N–H and O–H groups in total. The van der Waals surface area contributed by atoms with Gasteiger partial charge in [-0.15, -0.1) is 0 Å². The van der Waals surface area contributed by atoms with Crippen LogP contribution < -0.4 is 5.32 Å². The molecule has 6 nitrogen and oxygen atoms in total. The van der Waals surface area contributed by atoms with E-state index in [-0.39, 0.29) is 12.6 Å². The van der Waals surface area contributed by atoms with Crippen molar-refractivity contribution in [1.82, 2.24) is 15.1 Å². The van der Waals surface area contributed by atoms with Gasteiger partial charge in [0.1, 0.15) is 0 Å². The lowest BCUT2D eigenvalue weighted by Gasteiger charge is -2.32.